The molecule has 1 rings (SSSR count). The molecular formula is C12H17FN2O5S. The van der Waals surface area contributed by atoms with Crippen molar-refractivity contribution < 1.29 is 27.1 Å². The van der Waals surface area contributed by atoms with Crippen LogP contribution in [0.5, 0.6) is 5.75 Å². The summed E-state index contributed by atoms with van der Waals surface area (Å²) in [5.41, 5.74) is 5.42. The Morgan fingerprint density at radius 3 is 2.48 bits per heavy atom. The number of sulfonamides is 1. The van der Waals surface area contributed by atoms with Gasteiger partial charge in [-0.05, 0) is 12.1 Å². The monoisotopic (exact) mass is 320 g/mol. The summed E-state index contributed by atoms with van der Waals surface area (Å²) in [4.78, 5) is 10.7. The van der Waals surface area contributed by atoms with E-state index < -0.39 is 21.8 Å². The van der Waals surface area contributed by atoms with Gasteiger partial charge in [0.05, 0.1) is 31.2 Å². The summed E-state index contributed by atoms with van der Waals surface area (Å²) in [6.45, 7) is -0.0947. The van der Waals surface area contributed by atoms with Gasteiger partial charge in [-0.15, -0.1) is 0 Å². The summed E-state index contributed by atoms with van der Waals surface area (Å²) in [6, 6.07) is 1.92. The van der Waals surface area contributed by atoms with E-state index in [2.05, 4.69) is 4.74 Å². The van der Waals surface area contributed by atoms with Crippen molar-refractivity contribution in [1.82, 2.24) is 4.31 Å². The summed E-state index contributed by atoms with van der Waals surface area (Å²) in [5.74, 6) is -1.64. The third-order valence-corrected chi connectivity index (χ3v) is 4.65. The Morgan fingerprint density at radius 1 is 1.38 bits per heavy atom. The maximum atomic E-state index is 13.7. The number of carbonyl (C=O) groups is 1. The van der Waals surface area contributed by atoms with Crippen LogP contribution in [0.25, 0.3) is 0 Å². The summed E-state index contributed by atoms with van der Waals surface area (Å²) >= 11 is 0. The van der Waals surface area contributed by atoms with Gasteiger partial charge in [0.25, 0.3) is 0 Å². The lowest BCUT2D eigenvalue weighted by molar-refractivity contribution is -0.140. The smallest absolute Gasteiger partial charge is 0.306 e. The molecule has 0 unspecified atom stereocenters. The molecule has 9 heteroatoms. The summed E-state index contributed by atoms with van der Waals surface area (Å²) in [7, 11) is -0.256. The average Bonchev–Trinajstić information content (AvgIpc) is 2.43. The molecule has 21 heavy (non-hydrogen) atoms. The highest BCUT2D eigenvalue weighted by Crippen LogP contribution is 2.29. The lowest BCUT2D eigenvalue weighted by atomic mass is 10.3. The Kier molecular flexibility index (Phi) is 5.50. The van der Waals surface area contributed by atoms with E-state index in [0.29, 0.717) is 0 Å². The topological polar surface area (TPSA) is 98.9 Å². The standard InChI is InChI=1S/C12H17FN2O5S/c1-15(5-4-11(16)19-2)21(17,18)8-6-9(13)12(20-3)10(14)7-8/h6-7H,4-5,14H2,1-3H3. The van der Waals surface area contributed by atoms with E-state index in [1.54, 1.807) is 0 Å². The fourth-order valence-electron chi connectivity index (χ4n) is 1.60. The number of ether oxygens (including phenoxy) is 2. The van der Waals surface area contributed by atoms with E-state index >= 15 is 0 Å². The molecule has 0 spiro atoms. The summed E-state index contributed by atoms with van der Waals surface area (Å²) in [5, 5.41) is 0. The Balaban J connectivity index is 3.05. The molecule has 0 atom stereocenters. The number of carbonyl (C=O) groups excluding carboxylic acids is 1. The molecule has 7 nitrogen and oxygen atoms in total. The third kappa shape index (κ3) is 3.82. The second-order valence-electron chi connectivity index (χ2n) is 4.18. The van der Waals surface area contributed by atoms with Gasteiger partial charge >= 0.3 is 5.97 Å². The van der Waals surface area contributed by atoms with Gasteiger partial charge in [0.2, 0.25) is 10.0 Å². The van der Waals surface area contributed by atoms with Crippen LogP contribution in [0.4, 0.5) is 10.1 Å². The zero-order valence-corrected chi connectivity index (χ0v) is 12.7. The van der Waals surface area contributed by atoms with Crippen LogP contribution in [0, 0.1) is 5.82 Å². The second-order valence-corrected chi connectivity index (χ2v) is 6.23. The molecule has 0 heterocycles. The van der Waals surface area contributed by atoms with E-state index in [1.165, 1.54) is 21.3 Å². The highest BCUT2D eigenvalue weighted by molar-refractivity contribution is 7.89. The lowest BCUT2D eigenvalue weighted by Crippen LogP contribution is -2.29. The van der Waals surface area contributed by atoms with E-state index in [-0.39, 0.29) is 29.3 Å². The molecular weight excluding hydrogens is 303 g/mol. The number of nitrogen functional groups attached to an aromatic ring is 1. The fraction of sp³-hybridized carbons (Fsp3) is 0.417. The molecule has 0 aliphatic heterocycles. The highest BCUT2D eigenvalue weighted by Gasteiger charge is 2.24. The Morgan fingerprint density at radius 2 is 2.00 bits per heavy atom. The summed E-state index contributed by atoms with van der Waals surface area (Å²) in [6.07, 6.45) is -0.111. The first-order valence-electron chi connectivity index (χ1n) is 5.90. The molecule has 0 aromatic heterocycles. The molecule has 1 aromatic carbocycles. The molecule has 0 saturated heterocycles. The van der Waals surface area contributed by atoms with Crippen molar-refractivity contribution in [2.75, 3.05) is 33.5 Å². The number of nitrogens with two attached hydrogens (primary N) is 1. The molecule has 0 saturated carbocycles. The van der Waals surface area contributed by atoms with Gasteiger partial charge in [-0.25, -0.2) is 17.1 Å². The Bertz CT molecular complexity index is 610. The first-order valence-corrected chi connectivity index (χ1v) is 7.34. The predicted octanol–water partition coefficient (Wildman–Crippen LogP) is 0.600. The van der Waals surface area contributed by atoms with Gasteiger partial charge in [0.1, 0.15) is 0 Å². The number of anilines is 1. The summed E-state index contributed by atoms with van der Waals surface area (Å²) < 4.78 is 48.3. The van der Waals surface area contributed by atoms with Crippen LogP contribution in [0.2, 0.25) is 0 Å². The molecule has 0 aliphatic carbocycles. The number of esters is 1. The van der Waals surface area contributed by atoms with Crippen LogP contribution in [0.3, 0.4) is 0 Å². The molecule has 118 valence electrons. The Hall–Kier alpha value is -1.87. The van der Waals surface area contributed by atoms with Crippen molar-refractivity contribution in [2.45, 2.75) is 11.3 Å². The molecule has 2 N–H and O–H groups in total. The highest BCUT2D eigenvalue weighted by atomic mass is 32.2. The van der Waals surface area contributed by atoms with Crippen molar-refractivity contribution in [2.24, 2.45) is 0 Å². The number of methoxy groups -OCH3 is 2. The van der Waals surface area contributed by atoms with E-state index in [9.17, 15) is 17.6 Å². The predicted molar refractivity (Wildman–Crippen MR) is 73.8 cm³/mol. The number of nitrogens with zero attached hydrogens (tertiary/aromatic N) is 1. The zero-order chi connectivity index (χ0) is 16.2. The van der Waals surface area contributed by atoms with E-state index in [1.807, 2.05) is 0 Å². The minimum absolute atomic E-state index is 0.0947. The SMILES string of the molecule is COC(=O)CCN(C)S(=O)(=O)c1cc(N)c(OC)c(F)c1. The third-order valence-electron chi connectivity index (χ3n) is 2.82. The minimum Gasteiger partial charge on any atom is -0.492 e. The number of hydrogen-bond acceptors (Lipinski definition) is 6. The van der Waals surface area contributed by atoms with Gasteiger partial charge in [-0.2, -0.15) is 0 Å². The van der Waals surface area contributed by atoms with Gasteiger partial charge in [-0.3, -0.25) is 4.79 Å². The van der Waals surface area contributed by atoms with Crippen LogP contribution in [0.15, 0.2) is 17.0 Å². The minimum atomic E-state index is -3.96. The van der Waals surface area contributed by atoms with E-state index in [0.717, 1.165) is 16.4 Å². The van der Waals surface area contributed by atoms with Crippen molar-refractivity contribution in [3.63, 3.8) is 0 Å². The van der Waals surface area contributed by atoms with Gasteiger partial charge in [0.15, 0.2) is 11.6 Å². The second kappa shape index (κ2) is 6.72. The van der Waals surface area contributed by atoms with Crippen molar-refractivity contribution in [1.29, 1.82) is 0 Å². The number of rotatable bonds is 6. The quantitative estimate of drug-likeness (QED) is 0.609. The first-order chi connectivity index (χ1) is 9.73. The molecule has 0 radical (unpaired) electrons. The van der Waals surface area contributed by atoms with Gasteiger partial charge in [-0.1, -0.05) is 0 Å². The molecule has 1 aromatic rings. The van der Waals surface area contributed by atoms with Crippen LogP contribution in [0.1, 0.15) is 6.42 Å². The largest absolute Gasteiger partial charge is 0.492 e. The molecule has 0 amide bonds. The molecule has 0 fully saturated rings. The first kappa shape index (κ1) is 17.2. The van der Waals surface area contributed by atoms with Crippen molar-refractivity contribution in [3.8, 4) is 5.75 Å². The van der Waals surface area contributed by atoms with Crippen LogP contribution < -0.4 is 10.5 Å². The molecule has 0 bridgehead atoms. The average molecular weight is 320 g/mol. The number of halogens is 1. The van der Waals surface area contributed by atoms with Crippen molar-refractivity contribution in [3.05, 3.63) is 17.9 Å². The van der Waals surface area contributed by atoms with Crippen LogP contribution in [-0.2, 0) is 19.6 Å². The Labute approximate surface area is 122 Å². The van der Waals surface area contributed by atoms with Gasteiger partial charge in [0, 0.05) is 13.6 Å². The van der Waals surface area contributed by atoms with E-state index in [4.69, 9.17) is 10.5 Å². The zero-order valence-electron chi connectivity index (χ0n) is 11.9. The number of hydrogen-bond donors (Lipinski definition) is 1. The number of benzene rings is 1. The van der Waals surface area contributed by atoms with Crippen molar-refractivity contribution >= 4 is 21.7 Å². The van der Waals surface area contributed by atoms with Crippen LogP contribution in [-0.4, -0.2) is 46.5 Å². The maximum absolute atomic E-state index is 13.7. The normalized spacial score (nSPS) is 11.5. The van der Waals surface area contributed by atoms with Gasteiger partial charge < -0.3 is 15.2 Å². The molecule has 0 aliphatic rings. The fourth-order valence-corrected chi connectivity index (χ4v) is 2.82. The van der Waals surface area contributed by atoms with Crippen LogP contribution >= 0.6 is 0 Å². The lowest BCUT2D eigenvalue weighted by Gasteiger charge is -2.17. The maximum Gasteiger partial charge on any atom is 0.306 e.